The lowest BCUT2D eigenvalue weighted by molar-refractivity contribution is 0.562. The van der Waals surface area contributed by atoms with Gasteiger partial charge in [0.05, 0.1) is 0 Å². The fraction of sp³-hybridized carbons (Fsp3) is 0.250. The summed E-state index contributed by atoms with van der Waals surface area (Å²) in [5.41, 5.74) is 0.454. The molecule has 0 saturated carbocycles. The van der Waals surface area contributed by atoms with Gasteiger partial charge in [0.1, 0.15) is 0 Å². The average Bonchev–Trinajstić information content (AvgIpc) is 1.65. The van der Waals surface area contributed by atoms with Crippen molar-refractivity contribution < 1.29 is 4.79 Å². The Hall–Kier alpha value is -0.110. The van der Waals surface area contributed by atoms with Crippen LogP contribution < -0.4 is 0 Å². The quantitative estimate of drug-likeness (QED) is 0.422. The van der Waals surface area contributed by atoms with Crippen molar-refractivity contribution in [2.24, 2.45) is 0 Å². The minimum absolute atomic E-state index is 0.454. The summed E-state index contributed by atoms with van der Waals surface area (Å²) in [6, 6.07) is 0. The Balaban J connectivity index is 3.23. The first-order chi connectivity index (χ1) is 2.81. The third kappa shape index (κ3) is 2.15. The van der Waals surface area contributed by atoms with Crippen molar-refractivity contribution in [1.82, 2.24) is 0 Å². The summed E-state index contributed by atoms with van der Waals surface area (Å²) in [7, 11) is 0. The van der Waals surface area contributed by atoms with Crippen molar-refractivity contribution in [2.75, 3.05) is 5.33 Å². The van der Waals surface area contributed by atoms with E-state index in [1.165, 1.54) is 0 Å². The third-order valence-corrected chi connectivity index (χ3v) is 0.983. The molecule has 0 heterocycles. The first kappa shape index (κ1) is 5.89. The summed E-state index contributed by atoms with van der Waals surface area (Å²) < 4.78 is 0. The van der Waals surface area contributed by atoms with E-state index in [1.807, 2.05) is 0 Å². The van der Waals surface area contributed by atoms with E-state index in [1.54, 1.807) is 6.29 Å². The molecule has 0 atom stereocenters. The Morgan fingerprint density at radius 3 is 2.50 bits per heavy atom. The molecular weight excluding hydrogens is 144 g/mol. The molecule has 1 radical (unpaired) electrons. The minimum Gasteiger partial charge on any atom is -0.285 e. The van der Waals surface area contributed by atoms with Gasteiger partial charge in [0.15, 0.2) is 0 Å². The van der Waals surface area contributed by atoms with Crippen molar-refractivity contribution in [3.05, 3.63) is 12.2 Å². The number of carbonyl (C=O) groups excluding carboxylic acids is 1. The standard InChI is InChI=1S/C4H4BrO/c1-4(2-5)3-6/h1-2H2. The van der Waals surface area contributed by atoms with E-state index in [2.05, 4.69) is 22.5 Å². The van der Waals surface area contributed by atoms with Crippen molar-refractivity contribution >= 4 is 22.2 Å². The zero-order valence-electron chi connectivity index (χ0n) is 3.20. The van der Waals surface area contributed by atoms with E-state index < -0.39 is 0 Å². The van der Waals surface area contributed by atoms with E-state index in [-0.39, 0.29) is 0 Å². The van der Waals surface area contributed by atoms with Crippen LogP contribution >= 0.6 is 15.9 Å². The Morgan fingerprint density at radius 2 is 2.50 bits per heavy atom. The highest BCUT2D eigenvalue weighted by atomic mass is 79.9. The SMILES string of the molecule is C=C([C]=O)CBr. The fourth-order valence-corrected chi connectivity index (χ4v) is 0.142. The minimum atomic E-state index is 0.454. The van der Waals surface area contributed by atoms with Gasteiger partial charge in [0.25, 0.3) is 0 Å². The predicted molar refractivity (Wildman–Crippen MR) is 28.6 cm³/mol. The van der Waals surface area contributed by atoms with Crippen LogP contribution in [-0.4, -0.2) is 11.6 Å². The van der Waals surface area contributed by atoms with Gasteiger partial charge < -0.3 is 0 Å². The van der Waals surface area contributed by atoms with E-state index >= 15 is 0 Å². The fourth-order valence-electron chi connectivity index (χ4n) is 0.0273. The summed E-state index contributed by atoms with van der Waals surface area (Å²) in [6.07, 6.45) is 1.62. The van der Waals surface area contributed by atoms with E-state index in [9.17, 15) is 4.79 Å². The summed E-state index contributed by atoms with van der Waals surface area (Å²) in [6.45, 7) is 3.32. The zero-order valence-corrected chi connectivity index (χ0v) is 4.79. The molecule has 33 valence electrons. The number of hydrogen-bond donors (Lipinski definition) is 0. The van der Waals surface area contributed by atoms with Crippen LogP contribution in [-0.2, 0) is 4.79 Å². The number of alkyl halides is 1. The molecule has 0 saturated heterocycles. The lowest BCUT2D eigenvalue weighted by Crippen LogP contribution is -1.78. The molecule has 0 aliphatic heterocycles. The lowest BCUT2D eigenvalue weighted by Gasteiger charge is -1.75. The molecule has 0 aromatic heterocycles. The maximum Gasteiger partial charge on any atom is 0.229 e. The van der Waals surface area contributed by atoms with E-state index in [0.717, 1.165) is 0 Å². The first-order valence-corrected chi connectivity index (χ1v) is 2.55. The Bertz CT molecular complexity index is 67.9. The molecule has 0 rings (SSSR count). The molecule has 0 aromatic rings. The Morgan fingerprint density at radius 1 is 2.00 bits per heavy atom. The largest absolute Gasteiger partial charge is 0.285 e. The molecule has 0 aromatic carbocycles. The molecular formula is C4H4BrO. The lowest BCUT2D eigenvalue weighted by atomic mass is 10.4. The van der Waals surface area contributed by atoms with Crippen LogP contribution in [0.4, 0.5) is 0 Å². The number of allylic oxidation sites excluding steroid dienone is 1. The van der Waals surface area contributed by atoms with Gasteiger partial charge in [-0.1, -0.05) is 22.5 Å². The van der Waals surface area contributed by atoms with Crippen molar-refractivity contribution in [3.63, 3.8) is 0 Å². The topological polar surface area (TPSA) is 17.1 Å². The third-order valence-electron chi connectivity index (χ3n) is 0.306. The molecule has 2 heteroatoms. The molecule has 0 amide bonds. The van der Waals surface area contributed by atoms with Gasteiger partial charge in [0.2, 0.25) is 6.29 Å². The second-order valence-corrected chi connectivity index (χ2v) is 1.40. The van der Waals surface area contributed by atoms with Gasteiger partial charge in [-0.25, -0.2) is 0 Å². The highest BCUT2D eigenvalue weighted by Gasteiger charge is 1.81. The highest BCUT2D eigenvalue weighted by Crippen LogP contribution is 1.88. The van der Waals surface area contributed by atoms with Crippen LogP contribution in [0.25, 0.3) is 0 Å². The molecule has 0 N–H and O–H groups in total. The molecule has 1 nitrogen and oxygen atoms in total. The molecule has 0 aliphatic rings. The Labute approximate surface area is 45.2 Å². The van der Waals surface area contributed by atoms with Gasteiger partial charge in [-0.2, -0.15) is 0 Å². The number of rotatable bonds is 2. The molecule has 0 unspecified atom stereocenters. The van der Waals surface area contributed by atoms with E-state index in [4.69, 9.17) is 0 Å². The maximum absolute atomic E-state index is 9.48. The summed E-state index contributed by atoms with van der Waals surface area (Å²) in [4.78, 5) is 9.48. The summed E-state index contributed by atoms with van der Waals surface area (Å²) in [5.74, 6) is 0. The number of hydrogen-bond acceptors (Lipinski definition) is 1. The predicted octanol–water partition coefficient (Wildman–Crippen LogP) is 1.05. The smallest absolute Gasteiger partial charge is 0.229 e. The number of halogens is 1. The summed E-state index contributed by atoms with van der Waals surface area (Å²) in [5, 5.41) is 0.524. The van der Waals surface area contributed by atoms with Crippen LogP contribution in [0, 0.1) is 0 Å². The van der Waals surface area contributed by atoms with Crippen molar-refractivity contribution in [2.45, 2.75) is 0 Å². The van der Waals surface area contributed by atoms with Gasteiger partial charge >= 0.3 is 0 Å². The first-order valence-electron chi connectivity index (χ1n) is 1.43. The molecule has 6 heavy (non-hydrogen) atoms. The van der Waals surface area contributed by atoms with Crippen LogP contribution in [0.15, 0.2) is 12.2 Å². The van der Waals surface area contributed by atoms with Crippen LogP contribution in [0.5, 0.6) is 0 Å². The van der Waals surface area contributed by atoms with Gasteiger partial charge in [-0.3, -0.25) is 4.79 Å². The Kier molecular flexibility index (Phi) is 3.04. The van der Waals surface area contributed by atoms with Crippen molar-refractivity contribution in [1.29, 1.82) is 0 Å². The van der Waals surface area contributed by atoms with Crippen LogP contribution in [0.1, 0.15) is 0 Å². The van der Waals surface area contributed by atoms with Gasteiger partial charge in [0, 0.05) is 10.9 Å². The highest BCUT2D eigenvalue weighted by molar-refractivity contribution is 9.09. The molecule has 0 aliphatic carbocycles. The van der Waals surface area contributed by atoms with Gasteiger partial charge in [-0.15, -0.1) is 0 Å². The second-order valence-electron chi connectivity index (χ2n) is 0.839. The zero-order chi connectivity index (χ0) is 4.99. The van der Waals surface area contributed by atoms with Gasteiger partial charge in [-0.05, 0) is 0 Å². The second kappa shape index (κ2) is 3.09. The maximum atomic E-state index is 9.48. The average molecular weight is 148 g/mol. The summed E-state index contributed by atoms with van der Waals surface area (Å²) >= 11 is 3.01. The molecule has 0 bridgehead atoms. The molecule has 0 spiro atoms. The van der Waals surface area contributed by atoms with Crippen LogP contribution in [0.3, 0.4) is 0 Å². The monoisotopic (exact) mass is 147 g/mol. The normalized spacial score (nSPS) is 7.50. The van der Waals surface area contributed by atoms with Crippen LogP contribution in [0.2, 0.25) is 0 Å². The van der Waals surface area contributed by atoms with Crippen molar-refractivity contribution in [3.8, 4) is 0 Å². The molecule has 0 fully saturated rings. The van der Waals surface area contributed by atoms with E-state index in [0.29, 0.717) is 10.9 Å².